The van der Waals surface area contributed by atoms with Gasteiger partial charge >= 0.3 is 7.12 Å². The van der Waals surface area contributed by atoms with Gasteiger partial charge in [-0.05, 0) is 97.1 Å². The number of aromatic hydroxyl groups is 1. The number of aromatic nitrogens is 1. The lowest BCUT2D eigenvalue weighted by Crippen LogP contribution is -2.46. The van der Waals surface area contributed by atoms with Gasteiger partial charge in [-0.1, -0.05) is 48.9 Å². The monoisotopic (exact) mass is 548 g/mol. The maximum Gasteiger partial charge on any atom is 0.455 e. The van der Waals surface area contributed by atoms with E-state index >= 15 is 0 Å². The maximum absolute atomic E-state index is 13.8. The fourth-order valence-corrected chi connectivity index (χ4v) is 6.82. The Balaban J connectivity index is 1.31. The molecule has 0 unspecified atom stereocenters. The zero-order valence-electron chi connectivity index (χ0n) is 23.0. The van der Waals surface area contributed by atoms with Crippen LogP contribution < -0.4 is 4.90 Å². The van der Waals surface area contributed by atoms with Crippen LogP contribution >= 0.6 is 0 Å². The summed E-state index contributed by atoms with van der Waals surface area (Å²) in [6.07, 6.45) is 6.25. The van der Waals surface area contributed by atoms with Crippen molar-refractivity contribution >= 4 is 36.3 Å². The molecule has 3 aromatic rings. The molecule has 208 valence electrons. The lowest BCUT2D eigenvalue weighted by atomic mass is 9.58. The molecule has 6 rings (SSSR count). The predicted octanol–water partition coefficient (Wildman–Crippen LogP) is 5.52. The van der Waals surface area contributed by atoms with E-state index in [0.717, 1.165) is 34.4 Å². The van der Waals surface area contributed by atoms with Crippen molar-refractivity contribution in [1.29, 1.82) is 0 Å². The van der Waals surface area contributed by atoms with E-state index < -0.39 is 19.0 Å². The molecule has 2 N–H and O–H groups in total. The van der Waals surface area contributed by atoms with Crippen LogP contribution in [0.2, 0.25) is 6.32 Å². The molecule has 1 aromatic heterocycles. The topological polar surface area (TPSA) is 100.0 Å². The summed E-state index contributed by atoms with van der Waals surface area (Å²) in [5.41, 5.74) is 5.63. The van der Waals surface area contributed by atoms with Crippen LogP contribution in [0.5, 0.6) is 5.75 Å². The lowest BCUT2D eigenvalue weighted by molar-refractivity contribution is -0.122. The molecule has 4 atom stereocenters. The van der Waals surface area contributed by atoms with E-state index in [4.69, 9.17) is 4.65 Å². The van der Waals surface area contributed by atoms with Crippen molar-refractivity contribution in [3.8, 4) is 5.75 Å². The van der Waals surface area contributed by atoms with Gasteiger partial charge in [0.05, 0.1) is 29.3 Å². The number of hydrogen-bond acceptors (Lipinski definition) is 6. The Morgan fingerprint density at radius 3 is 2.49 bits per heavy atom. The van der Waals surface area contributed by atoms with Crippen LogP contribution in [-0.4, -0.2) is 40.2 Å². The van der Waals surface area contributed by atoms with Gasteiger partial charge in [0.25, 0.3) is 0 Å². The van der Waals surface area contributed by atoms with Crippen molar-refractivity contribution in [1.82, 2.24) is 4.98 Å². The molecule has 3 aliphatic rings. The second kappa shape index (κ2) is 11.5. The number of pyridine rings is 1. The van der Waals surface area contributed by atoms with Gasteiger partial charge in [-0.15, -0.1) is 0 Å². The van der Waals surface area contributed by atoms with Crippen molar-refractivity contribution in [2.24, 2.45) is 17.8 Å². The average molecular weight is 548 g/mol. The highest BCUT2D eigenvalue weighted by atomic mass is 16.5. The molecule has 2 amide bonds. The number of allylic oxidation sites excluding steroid dienone is 2. The van der Waals surface area contributed by atoms with Gasteiger partial charge in [0.15, 0.2) is 0 Å². The second-order valence-corrected chi connectivity index (χ2v) is 11.0. The molecule has 0 spiro atoms. The van der Waals surface area contributed by atoms with Gasteiger partial charge in [-0.3, -0.25) is 19.5 Å². The van der Waals surface area contributed by atoms with Crippen LogP contribution in [0.25, 0.3) is 11.6 Å². The highest BCUT2D eigenvalue weighted by Gasteiger charge is 2.57. The van der Waals surface area contributed by atoms with Crippen molar-refractivity contribution in [2.75, 3.05) is 4.90 Å². The number of anilines is 1. The molecule has 1 aliphatic carbocycles. The third-order valence-corrected chi connectivity index (χ3v) is 8.65. The number of phenolic OH excluding ortho intramolecular Hbond substituents is 1. The third-order valence-electron chi connectivity index (χ3n) is 8.65. The fourth-order valence-electron chi connectivity index (χ4n) is 6.82. The van der Waals surface area contributed by atoms with Gasteiger partial charge in [0, 0.05) is 6.20 Å². The summed E-state index contributed by atoms with van der Waals surface area (Å²) in [5.74, 6) is -1.30. The third kappa shape index (κ3) is 5.25. The Labute approximate surface area is 240 Å². The van der Waals surface area contributed by atoms with E-state index in [2.05, 4.69) is 18.0 Å². The number of amides is 2. The minimum atomic E-state index is -1.02. The number of hydrogen-bond donors (Lipinski definition) is 2. The standard InChI is InChI=1S/C33H33BN2O5/c1-2-22-19-26-31(33(39)36(32(26)38)24-8-4-3-5-9-24)27-20-34(40)41-29(30(22)27)16-13-23(28-10-6-7-17-35-28)18-21-11-14-25(37)15-12-21/h3-12,14-15,17-18,26-27,29,31,37,40H,2,13,16,19-20H2,1H3/b23-18-/t26-,27+,29-,31-/m1/s1. The average Bonchev–Trinajstić information content (AvgIpc) is 3.25. The molecule has 7 nitrogen and oxygen atoms in total. The maximum atomic E-state index is 13.8. The molecular formula is C33H33BN2O5. The van der Waals surface area contributed by atoms with E-state index in [1.807, 2.05) is 48.5 Å². The van der Waals surface area contributed by atoms with Crippen molar-refractivity contribution in [3.63, 3.8) is 0 Å². The highest BCUT2D eigenvalue weighted by molar-refractivity contribution is 6.43. The van der Waals surface area contributed by atoms with Gasteiger partial charge in [0.2, 0.25) is 11.8 Å². The second-order valence-electron chi connectivity index (χ2n) is 11.0. The number of fused-ring (bicyclic) bond motifs is 3. The first-order chi connectivity index (χ1) is 19.9. The van der Waals surface area contributed by atoms with Crippen LogP contribution in [0.4, 0.5) is 5.69 Å². The number of nitrogens with zero attached hydrogens (tertiary/aromatic N) is 2. The van der Waals surface area contributed by atoms with Gasteiger partial charge in [0.1, 0.15) is 5.75 Å². The number of carbonyl (C=O) groups is 2. The first-order valence-corrected chi connectivity index (χ1v) is 14.3. The summed E-state index contributed by atoms with van der Waals surface area (Å²) in [6.45, 7) is 2.09. The molecule has 3 heterocycles. The lowest BCUT2D eigenvalue weighted by Gasteiger charge is -2.43. The van der Waals surface area contributed by atoms with Crippen LogP contribution in [-0.2, 0) is 14.2 Å². The summed E-state index contributed by atoms with van der Waals surface area (Å²) in [4.78, 5) is 33.3. The molecule has 2 fully saturated rings. The van der Waals surface area contributed by atoms with Crippen molar-refractivity contribution in [2.45, 2.75) is 45.0 Å². The van der Waals surface area contributed by atoms with E-state index in [0.29, 0.717) is 31.3 Å². The van der Waals surface area contributed by atoms with Crippen molar-refractivity contribution < 1.29 is 24.4 Å². The van der Waals surface area contributed by atoms with Gasteiger partial charge in [-0.2, -0.15) is 0 Å². The normalized spacial score (nSPS) is 24.5. The smallest absolute Gasteiger partial charge is 0.455 e. The highest BCUT2D eigenvalue weighted by Crippen LogP contribution is 2.52. The summed E-state index contributed by atoms with van der Waals surface area (Å²) in [7, 11) is -1.02. The summed E-state index contributed by atoms with van der Waals surface area (Å²) >= 11 is 0. The molecule has 0 saturated carbocycles. The molecule has 2 aromatic carbocycles. The van der Waals surface area contributed by atoms with Crippen LogP contribution in [0.3, 0.4) is 0 Å². The Kier molecular flexibility index (Phi) is 7.60. The van der Waals surface area contributed by atoms with Gasteiger partial charge < -0.3 is 14.8 Å². The first kappa shape index (κ1) is 27.2. The molecule has 2 saturated heterocycles. The fraction of sp³-hybridized carbons (Fsp3) is 0.303. The minimum absolute atomic E-state index is 0.150. The SMILES string of the molecule is CCC1=C2[C@@H](CC/C(=C/c3ccc(O)cc3)c3ccccn3)OB(O)C[C@@H]2[C@@H]2C(=O)N(c3ccccc3)C(=O)[C@@H]2C1. The zero-order valence-corrected chi connectivity index (χ0v) is 23.0. The largest absolute Gasteiger partial charge is 0.508 e. The van der Waals surface area contributed by atoms with E-state index in [1.165, 1.54) is 4.90 Å². The van der Waals surface area contributed by atoms with Crippen LogP contribution in [0.15, 0.2) is 90.1 Å². The zero-order chi connectivity index (χ0) is 28.5. The molecule has 41 heavy (non-hydrogen) atoms. The van der Waals surface area contributed by atoms with Crippen LogP contribution in [0, 0.1) is 17.8 Å². The number of imide groups is 1. The number of para-hydroxylation sites is 1. The van der Waals surface area contributed by atoms with E-state index in [9.17, 15) is 19.7 Å². The summed E-state index contributed by atoms with van der Waals surface area (Å²) in [6, 6.07) is 21.9. The Bertz CT molecular complexity index is 1490. The molecule has 0 bridgehead atoms. The summed E-state index contributed by atoms with van der Waals surface area (Å²) < 4.78 is 6.17. The van der Waals surface area contributed by atoms with E-state index in [-0.39, 0.29) is 29.6 Å². The first-order valence-electron chi connectivity index (χ1n) is 14.3. The van der Waals surface area contributed by atoms with Gasteiger partial charge in [-0.25, -0.2) is 0 Å². The summed E-state index contributed by atoms with van der Waals surface area (Å²) in [5, 5.41) is 20.6. The van der Waals surface area contributed by atoms with E-state index in [1.54, 1.807) is 30.5 Å². The molecule has 8 heteroatoms. The quantitative estimate of drug-likeness (QED) is 0.229. The molecule has 0 radical (unpaired) electrons. The Hall–Kier alpha value is -4.01. The predicted molar refractivity (Wildman–Crippen MR) is 158 cm³/mol. The number of rotatable bonds is 7. The van der Waals surface area contributed by atoms with Crippen molar-refractivity contribution in [3.05, 3.63) is 101 Å². The molecule has 2 aliphatic heterocycles. The Morgan fingerprint density at radius 1 is 1.02 bits per heavy atom. The number of carbonyl (C=O) groups excluding carboxylic acids is 2. The Morgan fingerprint density at radius 2 is 1.78 bits per heavy atom. The minimum Gasteiger partial charge on any atom is -0.508 e. The molecular weight excluding hydrogens is 515 g/mol. The van der Waals surface area contributed by atoms with Crippen LogP contribution in [0.1, 0.15) is 43.9 Å². The number of benzene rings is 2. The number of phenols is 1.